The van der Waals surface area contributed by atoms with E-state index in [2.05, 4.69) is 23.8 Å². The molecule has 11 heavy (non-hydrogen) atoms. The van der Waals surface area contributed by atoms with E-state index in [1.165, 1.54) is 15.0 Å². The van der Waals surface area contributed by atoms with Gasteiger partial charge in [-0.2, -0.15) is 0 Å². The Morgan fingerprint density at radius 1 is 1.18 bits per heavy atom. The van der Waals surface area contributed by atoms with Gasteiger partial charge < -0.3 is 0 Å². The van der Waals surface area contributed by atoms with Gasteiger partial charge in [0.15, 0.2) is 0 Å². The highest BCUT2D eigenvalue weighted by Crippen LogP contribution is 2.29. The number of thiophene rings is 2. The molecule has 2 aromatic rings. The van der Waals surface area contributed by atoms with Crippen LogP contribution in [0.3, 0.4) is 0 Å². The van der Waals surface area contributed by atoms with Crippen LogP contribution < -0.4 is 0 Å². The Kier molecular flexibility index (Phi) is 3.09. The molecule has 2 rings (SSSR count). The van der Waals surface area contributed by atoms with Gasteiger partial charge in [0.2, 0.25) is 0 Å². The van der Waals surface area contributed by atoms with E-state index in [1.54, 1.807) is 0 Å². The molecule has 0 unspecified atom stereocenters. The van der Waals surface area contributed by atoms with E-state index < -0.39 is 0 Å². The van der Waals surface area contributed by atoms with Crippen molar-refractivity contribution in [3.63, 3.8) is 0 Å². The summed E-state index contributed by atoms with van der Waals surface area (Å²) in [4.78, 5) is 1.44. The van der Waals surface area contributed by atoms with Gasteiger partial charge in [-0.25, -0.2) is 0 Å². The average Bonchev–Trinajstić information content (AvgIpc) is 2.60. The summed E-state index contributed by atoms with van der Waals surface area (Å²) in [5.74, 6) is 0. The van der Waals surface area contributed by atoms with Crippen molar-refractivity contribution in [3.8, 4) is 0 Å². The maximum atomic E-state index is 2.21. The molecule has 2 heteroatoms. The van der Waals surface area contributed by atoms with Crippen LogP contribution in [0, 0.1) is 6.92 Å². The molecule has 0 spiro atoms. The van der Waals surface area contributed by atoms with Gasteiger partial charge in [0.05, 0.1) is 0 Å². The van der Waals surface area contributed by atoms with Crippen LogP contribution >= 0.6 is 22.7 Å². The van der Waals surface area contributed by atoms with Crippen LogP contribution in [0.15, 0.2) is 16.8 Å². The van der Waals surface area contributed by atoms with E-state index in [9.17, 15) is 0 Å². The molecular weight excluding hydrogens is 172 g/mol. The predicted octanol–water partition coefficient (Wildman–Crippen LogP) is 4.30. The summed E-state index contributed by atoms with van der Waals surface area (Å²) >= 11 is 3.67. The topological polar surface area (TPSA) is 0 Å². The first-order valence-electron chi connectivity index (χ1n) is 3.79. The van der Waals surface area contributed by atoms with Crippen molar-refractivity contribution in [2.24, 2.45) is 0 Å². The number of hydrogen-bond donors (Lipinski definition) is 0. The van der Waals surface area contributed by atoms with E-state index in [1.807, 2.05) is 36.5 Å². The third-order valence-electron chi connectivity index (χ3n) is 1.38. The third kappa shape index (κ3) is 1.63. The fourth-order valence-electron chi connectivity index (χ4n) is 0.904. The molecule has 0 saturated heterocycles. The monoisotopic (exact) mass is 184 g/mol. The quantitative estimate of drug-likeness (QED) is 0.572. The van der Waals surface area contributed by atoms with Crippen LogP contribution in [0.1, 0.15) is 18.7 Å². The molecule has 0 aromatic carbocycles. The largest absolute Gasteiger partial charge is 0.147 e. The summed E-state index contributed by atoms with van der Waals surface area (Å²) in [6.07, 6.45) is 0. The number of hydrogen-bond acceptors (Lipinski definition) is 2. The average molecular weight is 184 g/mol. The van der Waals surface area contributed by atoms with Crippen molar-refractivity contribution < 1.29 is 0 Å². The number of aryl methyl sites for hydroxylation is 1. The van der Waals surface area contributed by atoms with E-state index in [0.29, 0.717) is 0 Å². The van der Waals surface area contributed by atoms with Gasteiger partial charge in [-0.05, 0) is 23.8 Å². The molecule has 0 radical (unpaired) electrons. The van der Waals surface area contributed by atoms with Crippen LogP contribution in [-0.4, -0.2) is 0 Å². The van der Waals surface area contributed by atoms with Crippen molar-refractivity contribution >= 4 is 32.8 Å². The van der Waals surface area contributed by atoms with Crippen LogP contribution in [0.25, 0.3) is 10.1 Å². The van der Waals surface area contributed by atoms with Crippen molar-refractivity contribution in [3.05, 3.63) is 21.7 Å². The zero-order valence-corrected chi connectivity index (χ0v) is 8.68. The fourth-order valence-corrected chi connectivity index (χ4v) is 2.77. The van der Waals surface area contributed by atoms with Crippen LogP contribution in [0.4, 0.5) is 0 Å². The minimum atomic E-state index is 1.41. The molecule has 0 aliphatic heterocycles. The molecule has 2 aromatic heterocycles. The highest BCUT2D eigenvalue weighted by atomic mass is 32.1. The molecule has 0 aliphatic rings. The normalized spacial score (nSPS) is 9.36. The van der Waals surface area contributed by atoms with E-state index >= 15 is 0 Å². The molecule has 0 N–H and O–H groups in total. The first-order valence-corrected chi connectivity index (χ1v) is 5.55. The molecule has 0 amide bonds. The fraction of sp³-hybridized carbons (Fsp3) is 0.333. The Labute approximate surface area is 75.5 Å². The third-order valence-corrected chi connectivity index (χ3v) is 3.49. The molecule has 0 aliphatic carbocycles. The molecule has 0 atom stereocenters. The van der Waals surface area contributed by atoms with Gasteiger partial charge in [-0.3, -0.25) is 0 Å². The Bertz CT molecular complexity index is 317. The van der Waals surface area contributed by atoms with Gasteiger partial charge >= 0.3 is 0 Å². The molecule has 0 fully saturated rings. The standard InChI is InChI=1S/C7H6S2.C2H6/c1-5-7-6(4-9-5)2-3-8-7;1-2/h2-4H,1H3;1-2H3. The lowest BCUT2D eigenvalue weighted by molar-refractivity contribution is 1.50. The Morgan fingerprint density at radius 3 is 2.55 bits per heavy atom. The molecule has 2 heterocycles. The summed E-state index contributed by atoms with van der Waals surface area (Å²) in [7, 11) is 0. The summed E-state index contributed by atoms with van der Waals surface area (Å²) in [5.41, 5.74) is 0. The highest BCUT2D eigenvalue weighted by Gasteiger charge is 1.97. The van der Waals surface area contributed by atoms with E-state index in [0.717, 1.165) is 0 Å². The molecule has 0 nitrogen and oxygen atoms in total. The van der Waals surface area contributed by atoms with Gasteiger partial charge in [0, 0.05) is 15.0 Å². The van der Waals surface area contributed by atoms with Crippen molar-refractivity contribution in [1.82, 2.24) is 0 Å². The van der Waals surface area contributed by atoms with Crippen molar-refractivity contribution in [1.29, 1.82) is 0 Å². The Hall–Kier alpha value is -0.340. The Morgan fingerprint density at radius 2 is 1.91 bits per heavy atom. The molecule has 60 valence electrons. The number of fused-ring (bicyclic) bond motifs is 1. The zero-order chi connectivity index (χ0) is 8.27. The SMILES string of the molecule is CC.Cc1scc2ccsc12. The van der Waals surface area contributed by atoms with E-state index in [-0.39, 0.29) is 0 Å². The first-order chi connectivity index (χ1) is 5.38. The number of rotatable bonds is 0. The minimum Gasteiger partial charge on any atom is -0.147 e. The van der Waals surface area contributed by atoms with Gasteiger partial charge in [0.1, 0.15) is 0 Å². The van der Waals surface area contributed by atoms with Crippen LogP contribution in [0.5, 0.6) is 0 Å². The minimum absolute atomic E-state index is 1.41. The molecular formula is C9H12S2. The summed E-state index contributed by atoms with van der Waals surface area (Å²) in [5, 5.41) is 5.76. The molecule has 0 saturated carbocycles. The highest BCUT2D eigenvalue weighted by molar-refractivity contribution is 7.22. The van der Waals surface area contributed by atoms with Crippen molar-refractivity contribution in [2.75, 3.05) is 0 Å². The first kappa shape index (κ1) is 8.75. The predicted molar refractivity (Wildman–Crippen MR) is 55.8 cm³/mol. The van der Waals surface area contributed by atoms with Crippen molar-refractivity contribution in [2.45, 2.75) is 20.8 Å². The Balaban J connectivity index is 0.000000281. The van der Waals surface area contributed by atoms with Crippen LogP contribution in [0.2, 0.25) is 0 Å². The smallest absolute Gasteiger partial charge is 0.0478 e. The molecule has 0 bridgehead atoms. The summed E-state index contributed by atoms with van der Waals surface area (Å²) in [6.45, 7) is 6.17. The second-order valence-electron chi connectivity index (χ2n) is 2.00. The van der Waals surface area contributed by atoms with E-state index in [4.69, 9.17) is 0 Å². The van der Waals surface area contributed by atoms with Gasteiger partial charge in [0.25, 0.3) is 0 Å². The second kappa shape index (κ2) is 3.88. The van der Waals surface area contributed by atoms with Gasteiger partial charge in [-0.15, -0.1) is 22.7 Å². The second-order valence-corrected chi connectivity index (χ2v) is 4.00. The zero-order valence-electron chi connectivity index (χ0n) is 7.05. The summed E-state index contributed by atoms with van der Waals surface area (Å²) < 4.78 is 1.46. The maximum absolute atomic E-state index is 2.21. The lowest BCUT2D eigenvalue weighted by Gasteiger charge is -1.75. The lowest BCUT2D eigenvalue weighted by Crippen LogP contribution is -1.49. The van der Waals surface area contributed by atoms with Crippen LogP contribution in [-0.2, 0) is 0 Å². The van der Waals surface area contributed by atoms with Gasteiger partial charge in [-0.1, -0.05) is 13.8 Å². The summed E-state index contributed by atoms with van der Waals surface area (Å²) in [6, 6.07) is 2.17. The maximum Gasteiger partial charge on any atom is 0.0478 e. The lowest BCUT2D eigenvalue weighted by atomic mass is 10.4.